The van der Waals surface area contributed by atoms with Gasteiger partial charge in [0, 0.05) is 5.41 Å². The standard InChI is InChI=1S/C20H30Cl2O8/c1-17(2)27-9-12(29-17)7-25-15(23)14(6-19(5)11-20(19,21)22)16(24)26-8-13-10-28-18(3,4)30-13/h12-14H,6-11H2,1-5H3. The fraction of sp³-hybridized carbons (Fsp3) is 0.900. The molecule has 3 aliphatic rings. The minimum absolute atomic E-state index is 0.0244. The molecule has 2 heterocycles. The molecule has 30 heavy (non-hydrogen) atoms. The number of carbonyl (C=O) groups is 2. The van der Waals surface area contributed by atoms with E-state index in [9.17, 15) is 9.59 Å². The molecule has 0 amide bonds. The number of esters is 2. The summed E-state index contributed by atoms with van der Waals surface area (Å²) in [4.78, 5) is 25.5. The van der Waals surface area contributed by atoms with E-state index in [1.807, 2.05) is 6.92 Å². The summed E-state index contributed by atoms with van der Waals surface area (Å²) in [6.07, 6.45) is -0.201. The molecule has 0 radical (unpaired) electrons. The van der Waals surface area contributed by atoms with E-state index in [1.165, 1.54) is 0 Å². The fourth-order valence-corrected chi connectivity index (χ4v) is 4.37. The van der Waals surface area contributed by atoms with Gasteiger partial charge in [0.25, 0.3) is 0 Å². The zero-order valence-corrected chi connectivity index (χ0v) is 19.5. The van der Waals surface area contributed by atoms with Gasteiger partial charge in [0.1, 0.15) is 29.8 Å². The fourth-order valence-electron chi connectivity index (χ4n) is 3.62. The van der Waals surface area contributed by atoms with Gasteiger partial charge in [-0.15, -0.1) is 23.2 Å². The second-order valence-electron chi connectivity index (χ2n) is 9.36. The lowest BCUT2D eigenvalue weighted by Crippen LogP contribution is -2.35. The van der Waals surface area contributed by atoms with Crippen LogP contribution in [0.2, 0.25) is 0 Å². The maximum atomic E-state index is 12.8. The third kappa shape index (κ3) is 5.78. The van der Waals surface area contributed by atoms with E-state index in [0.717, 1.165) is 0 Å². The van der Waals surface area contributed by atoms with E-state index >= 15 is 0 Å². The Labute approximate surface area is 186 Å². The number of rotatable bonds is 8. The van der Waals surface area contributed by atoms with Crippen LogP contribution in [0, 0.1) is 11.3 Å². The smallest absolute Gasteiger partial charge is 0.320 e. The van der Waals surface area contributed by atoms with Gasteiger partial charge in [0.15, 0.2) is 17.5 Å². The summed E-state index contributed by atoms with van der Waals surface area (Å²) in [6, 6.07) is 0. The highest BCUT2D eigenvalue weighted by Crippen LogP contribution is 2.66. The zero-order chi connectivity index (χ0) is 22.4. The predicted molar refractivity (Wildman–Crippen MR) is 107 cm³/mol. The lowest BCUT2D eigenvalue weighted by atomic mass is 9.93. The Balaban J connectivity index is 1.57. The highest BCUT2D eigenvalue weighted by Gasteiger charge is 2.64. The number of alkyl halides is 2. The molecule has 0 spiro atoms. The molecule has 3 atom stereocenters. The van der Waals surface area contributed by atoms with Crippen molar-refractivity contribution in [2.75, 3.05) is 26.4 Å². The quantitative estimate of drug-likeness (QED) is 0.305. The first-order chi connectivity index (χ1) is 13.7. The van der Waals surface area contributed by atoms with Gasteiger partial charge in [-0.2, -0.15) is 0 Å². The summed E-state index contributed by atoms with van der Waals surface area (Å²) in [5.41, 5.74) is -0.581. The number of hydrogen-bond acceptors (Lipinski definition) is 8. The van der Waals surface area contributed by atoms with Crippen molar-refractivity contribution in [3.63, 3.8) is 0 Å². The van der Waals surface area contributed by atoms with Crippen LogP contribution in [0.1, 0.15) is 47.5 Å². The molecule has 2 aliphatic heterocycles. The van der Waals surface area contributed by atoms with Crippen LogP contribution in [0.15, 0.2) is 0 Å². The van der Waals surface area contributed by atoms with Gasteiger partial charge < -0.3 is 28.4 Å². The Hall–Kier alpha value is -0.640. The van der Waals surface area contributed by atoms with Crippen LogP contribution in [-0.4, -0.2) is 66.5 Å². The summed E-state index contributed by atoms with van der Waals surface area (Å²) in [5, 5.41) is 0. The number of halogens is 2. The van der Waals surface area contributed by atoms with Crippen LogP contribution in [-0.2, 0) is 38.0 Å². The third-order valence-corrected chi connectivity index (χ3v) is 6.73. The molecular formula is C20H30Cl2O8. The van der Waals surface area contributed by atoms with Gasteiger partial charge >= 0.3 is 11.9 Å². The summed E-state index contributed by atoms with van der Waals surface area (Å²) in [7, 11) is 0. The van der Waals surface area contributed by atoms with Gasteiger partial charge in [-0.25, -0.2) is 0 Å². The maximum Gasteiger partial charge on any atom is 0.320 e. The van der Waals surface area contributed by atoms with Crippen LogP contribution in [0.5, 0.6) is 0 Å². The molecule has 8 nitrogen and oxygen atoms in total. The average molecular weight is 469 g/mol. The number of hydrogen-bond donors (Lipinski definition) is 0. The average Bonchev–Trinajstić information content (AvgIpc) is 2.90. The van der Waals surface area contributed by atoms with Crippen molar-refractivity contribution < 1.29 is 38.0 Å². The molecule has 0 bridgehead atoms. The van der Waals surface area contributed by atoms with E-state index in [1.54, 1.807) is 27.7 Å². The summed E-state index contributed by atoms with van der Waals surface area (Å²) in [5.74, 6) is -4.01. The minimum atomic E-state index is -1.15. The highest BCUT2D eigenvalue weighted by atomic mass is 35.5. The zero-order valence-electron chi connectivity index (χ0n) is 18.0. The van der Waals surface area contributed by atoms with Gasteiger partial charge in [-0.1, -0.05) is 6.92 Å². The normalized spacial score (nSPS) is 34.4. The van der Waals surface area contributed by atoms with Crippen molar-refractivity contribution in [1.29, 1.82) is 0 Å². The molecular weight excluding hydrogens is 439 g/mol. The number of carbonyl (C=O) groups excluding carboxylic acids is 2. The molecule has 0 N–H and O–H groups in total. The number of ether oxygens (including phenoxy) is 6. The minimum Gasteiger partial charge on any atom is -0.462 e. The van der Waals surface area contributed by atoms with Crippen molar-refractivity contribution in [2.24, 2.45) is 11.3 Å². The van der Waals surface area contributed by atoms with E-state index in [2.05, 4.69) is 0 Å². The predicted octanol–water partition coefficient (Wildman–Crippen LogP) is 2.97. The third-order valence-electron chi connectivity index (χ3n) is 5.55. The Bertz CT molecular complexity index is 638. The molecule has 3 rings (SSSR count). The second-order valence-corrected chi connectivity index (χ2v) is 10.8. The van der Waals surface area contributed by atoms with Crippen molar-refractivity contribution >= 4 is 35.1 Å². The van der Waals surface area contributed by atoms with E-state index in [4.69, 9.17) is 51.6 Å². The molecule has 3 unspecified atom stereocenters. The van der Waals surface area contributed by atoms with E-state index in [0.29, 0.717) is 19.6 Å². The van der Waals surface area contributed by atoms with Gasteiger partial charge in [0.05, 0.1) is 13.2 Å². The van der Waals surface area contributed by atoms with E-state index in [-0.39, 0.29) is 19.6 Å². The first-order valence-electron chi connectivity index (χ1n) is 10.1. The van der Waals surface area contributed by atoms with Crippen molar-refractivity contribution in [3.8, 4) is 0 Å². The summed E-state index contributed by atoms with van der Waals surface area (Å²) < 4.78 is 31.9. The van der Waals surface area contributed by atoms with Crippen molar-refractivity contribution in [2.45, 2.75) is 75.6 Å². The lowest BCUT2D eigenvalue weighted by Gasteiger charge is -2.22. The van der Waals surface area contributed by atoms with Crippen LogP contribution in [0.25, 0.3) is 0 Å². The van der Waals surface area contributed by atoms with Gasteiger partial charge in [-0.3, -0.25) is 9.59 Å². The van der Waals surface area contributed by atoms with Crippen LogP contribution in [0.4, 0.5) is 0 Å². The molecule has 172 valence electrons. The summed E-state index contributed by atoms with van der Waals surface area (Å²) >= 11 is 12.4. The monoisotopic (exact) mass is 468 g/mol. The van der Waals surface area contributed by atoms with Gasteiger partial charge in [0.2, 0.25) is 0 Å². The molecule has 0 aromatic carbocycles. The molecule has 3 fully saturated rings. The Morgan fingerprint density at radius 3 is 1.60 bits per heavy atom. The molecule has 0 aromatic rings. The van der Waals surface area contributed by atoms with E-state index < -0.39 is 51.4 Å². The molecule has 10 heteroatoms. The highest BCUT2D eigenvalue weighted by molar-refractivity contribution is 6.51. The first kappa shape index (κ1) is 24.0. The van der Waals surface area contributed by atoms with Gasteiger partial charge in [-0.05, 0) is 40.5 Å². The Kier molecular flexibility index (Phi) is 6.70. The largest absolute Gasteiger partial charge is 0.462 e. The Morgan fingerprint density at radius 2 is 1.30 bits per heavy atom. The topological polar surface area (TPSA) is 89.5 Å². The van der Waals surface area contributed by atoms with Crippen LogP contribution >= 0.6 is 23.2 Å². The van der Waals surface area contributed by atoms with Crippen LogP contribution < -0.4 is 0 Å². The Morgan fingerprint density at radius 1 is 0.900 bits per heavy atom. The second kappa shape index (κ2) is 8.37. The molecule has 2 saturated heterocycles. The first-order valence-corrected chi connectivity index (χ1v) is 10.8. The summed E-state index contributed by atoms with van der Waals surface area (Å²) in [6.45, 7) is 9.49. The lowest BCUT2D eigenvalue weighted by molar-refractivity contribution is -0.173. The molecule has 0 aromatic heterocycles. The van der Waals surface area contributed by atoms with Crippen molar-refractivity contribution in [3.05, 3.63) is 0 Å². The SMILES string of the molecule is CC1(C)OCC(COC(=O)C(CC2(C)CC2(Cl)Cl)C(=O)OCC2COC(C)(C)O2)O1. The molecule has 1 saturated carbocycles. The molecule has 1 aliphatic carbocycles. The van der Waals surface area contributed by atoms with Crippen LogP contribution in [0.3, 0.4) is 0 Å². The van der Waals surface area contributed by atoms with Crippen molar-refractivity contribution in [1.82, 2.24) is 0 Å². The maximum absolute atomic E-state index is 12.8.